The van der Waals surface area contributed by atoms with E-state index in [-0.39, 0.29) is 29.7 Å². The van der Waals surface area contributed by atoms with E-state index in [1.807, 2.05) is 12.1 Å². The first kappa shape index (κ1) is 23.6. The molecule has 11 heteroatoms. The molecule has 1 aliphatic carbocycles. The van der Waals surface area contributed by atoms with Gasteiger partial charge in [0.1, 0.15) is 0 Å². The first-order chi connectivity index (χ1) is 16.7. The monoisotopic (exact) mass is 488 g/mol. The van der Waals surface area contributed by atoms with E-state index in [1.54, 1.807) is 12.4 Å². The van der Waals surface area contributed by atoms with Crippen molar-refractivity contribution in [3.8, 4) is 0 Å². The Morgan fingerprint density at radius 3 is 2.69 bits per heavy atom. The van der Waals surface area contributed by atoms with E-state index in [0.29, 0.717) is 24.4 Å². The number of amides is 1. The number of hydrogen-bond donors (Lipinski definition) is 4. The number of aromatic amines is 1. The number of rotatable bonds is 6. The van der Waals surface area contributed by atoms with Gasteiger partial charge in [0.25, 0.3) is 0 Å². The third-order valence-corrected chi connectivity index (χ3v) is 7.08. The van der Waals surface area contributed by atoms with Crippen molar-refractivity contribution in [2.45, 2.75) is 49.5 Å². The smallest absolute Gasteiger partial charge is 0.385 e. The largest absolute Gasteiger partial charge is 0.416 e. The minimum Gasteiger partial charge on any atom is -0.385 e. The highest BCUT2D eigenvalue weighted by Gasteiger charge is 2.40. The predicted octanol–water partition coefficient (Wildman–Crippen LogP) is 3.02. The average molecular weight is 489 g/mol. The standard InChI is InChI=1S/C24H27F3N6O2/c25-24(26,27)15-3-4-20-19(10-15)22(32-31-20)29-12-21(34)30-17-13-33(14-17)18-5-7-23(35,8-6-18)16-2-1-9-28-11-16/h1-4,9-11,17-18,35H,5-8,12-14H2,(H,30,34)(H2,29,31,32)/t18-,23-. The third kappa shape index (κ3) is 4.96. The Balaban J connectivity index is 1.07. The van der Waals surface area contributed by atoms with Crippen LogP contribution in [-0.2, 0) is 16.6 Å². The summed E-state index contributed by atoms with van der Waals surface area (Å²) >= 11 is 0. The van der Waals surface area contributed by atoms with Crippen LogP contribution >= 0.6 is 0 Å². The zero-order valence-corrected chi connectivity index (χ0v) is 19.0. The van der Waals surface area contributed by atoms with Crippen LogP contribution in [0.25, 0.3) is 10.9 Å². The highest BCUT2D eigenvalue weighted by molar-refractivity contribution is 5.92. The Kier molecular flexibility index (Phi) is 6.14. The van der Waals surface area contributed by atoms with Crippen LogP contribution in [0.2, 0.25) is 0 Å². The topological polar surface area (TPSA) is 106 Å². The van der Waals surface area contributed by atoms with Crippen LogP contribution in [0.1, 0.15) is 36.8 Å². The summed E-state index contributed by atoms with van der Waals surface area (Å²) in [6.07, 6.45) is 2.07. The van der Waals surface area contributed by atoms with E-state index in [9.17, 15) is 23.1 Å². The van der Waals surface area contributed by atoms with Crippen molar-refractivity contribution in [3.05, 3.63) is 53.9 Å². The third-order valence-electron chi connectivity index (χ3n) is 7.08. The Morgan fingerprint density at radius 1 is 1.23 bits per heavy atom. The van der Waals surface area contributed by atoms with Crippen molar-refractivity contribution >= 4 is 22.6 Å². The number of likely N-dealkylation sites (tertiary alicyclic amines) is 1. The van der Waals surface area contributed by atoms with E-state index >= 15 is 0 Å². The zero-order chi connectivity index (χ0) is 24.6. The fraction of sp³-hybridized carbons (Fsp3) is 0.458. The SMILES string of the molecule is O=C(CNc1n[nH]c2ccc(C(F)(F)F)cc12)NC1CN([C@H]2CC[C@@](O)(c3cccnc3)CC2)C1. The molecule has 1 amide bonds. The van der Waals surface area contributed by atoms with Crippen molar-refractivity contribution in [1.29, 1.82) is 0 Å². The second-order valence-electron chi connectivity index (χ2n) is 9.41. The van der Waals surface area contributed by atoms with Crippen molar-refractivity contribution in [3.63, 3.8) is 0 Å². The molecule has 1 aromatic carbocycles. The molecule has 35 heavy (non-hydrogen) atoms. The highest BCUT2D eigenvalue weighted by Crippen LogP contribution is 2.39. The number of nitrogens with one attached hydrogen (secondary N) is 3. The Bertz CT molecular complexity index is 1180. The van der Waals surface area contributed by atoms with Gasteiger partial charge in [0.15, 0.2) is 5.82 Å². The quantitative estimate of drug-likeness (QED) is 0.425. The van der Waals surface area contributed by atoms with Gasteiger partial charge in [-0.2, -0.15) is 18.3 Å². The number of halogens is 3. The van der Waals surface area contributed by atoms with Crippen molar-refractivity contribution in [2.75, 3.05) is 25.0 Å². The molecule has 3 heterocycles. The summed E-state index contributed by atoms with van der Waals surface area (Å²) in [7, 11) is 0. The average Bonchev–Trinajstić information content (AvgIpc) is 3.23. The summed E-state index contributed by atoms with van der Waals surface area (Å²) in [6, 6.07) is 7.48. The predicted molar refractivity (Wildman–Crippen MR) is 123 cm³/mol. The van der Waals surface area contributed by atoms with Crippen LogP contribution in [0.3, 0.4) is 0 Å². The van der Waals surface area contributed by atoms with Gasteiger partial charge in [-0.05, 0) is 49.9 Å². The van der Waals surface area contributed by atoms with Gasteiger partial charge in [-0.25, -0.2) is 0 Å². The van der Waals surface area contributed by atoms with Gasteiger partial charge >= 0.3 is 6.18 Å². The van der Waals surface area contributed by atoms with Crippen LogP contribution in [0.5, 0.6) is 0 Å². The molecule has 1 saturated heterocycles. The molecule has 8 nitrogen and oxygen atoms in total. The first-order valence-electron chi connectivity index (χ1n) is 11.7. The summed E-state index contributed by atoms with van der Waals surface area (Å²) in [5, 5.41) is 23.7. The van der Waals surface area contributed by atoms with Crippen molar-refractivity contribution < 1.29 is 23.1 Å². The Morgan fingerprint density at radius 2 is 2.00 bits per heavy atom. The molecule has 0 spiro atoms. The van der Waals surface area contributed by atoms with Crippen molar-refractivity contribution in [1.82, 2.24) is 25.4 Å². The van der Waals surface area contributed by atoms with Gasteiger partial charge in [-0.3, -0.25) is 19.8 Å². The lowest BCUT2D eigenvalue weighted by molar-refractivity contribution is -0.137. The number of fused-ring (bicyclic) bond motifs is 1. The molecule has 186 valence electrons. The van der Waals surface area contributed by atoms with Gasteiger partial charge in [0, 0.05) is 42.5 Å². The molecule has 5 rings (SSSR count). The maximum atomic E-state index is 13.0. The second kappa shape index (κ2) is 9.12. The number of carbonyl (C=O) groups excluding carboxylic acids is 1. The minimum atomic E-state index is -4.45. The number of anilines is 1. The molecule has 3 aromatic rings. The van der Waals surface area contributed by atoms with E-state index in [0.717, 1.165) is 43.6 Å². The fourth-order valence-corrected chi connectivity index (χ4v) is 5.04. The summed E-state index contributed by atoms with van der Waals surface area (Å²) < 4.78 is 39.0. The van der Waals surface area contributed by atoms with Gasteiger partial charge < -0.3 is 15.7 Å². The zero-order valence-electron chi connectivity index (χ0n) is 19.0. The maximum absolute atomic E-state index is 13.0. The van der Waals surface area contributed by atoms with Crippen LogP contribution in [0.4, 0.5) is 19.0 Å². The number of nitrogens with zero attached hydrogens (tertiary/aromatic N) is 3. The van der Waals surface area contributed by atoms with Crippen LogP contribution in [0, 0.1) is 0 Å². The molecule has 4 N–H and O–H groups in total. The molecule has 0 radical (unpaired) electrons. The molecule has 2 aliphatic rings. The van der Waals surface area contributed by atoms with Gasteiger partial charge in [0.2, 0.25) is 5.91 Å². The Hall–Kier alpha value is -3.18. The number of carbonyl (C=O) groups is 1. The number of H-pyrrole nitrogens is 1. The number of aliphatic hydroxyl groups is 1. The number of benzene rings is 1. The molecule has 0 atom stereocenters. The van der Waals surface area contributed by atoms with Crippen LogP contribution in [-0.4, -0.2) is 62.8 Å². The first-order valence-corrected chi connectivity index (χ1v) is 11.7. The molecule has 2 aromatic heterocycles. The van der Waals surface area contributed by atoms with E-state index in [4.69, 9.17) is 0 Å². The van der Waals surface area contributed by atoms with Gasteiger partial charge in [-0.1, -0.05) is 6.07 Å². The Labute approximate surface area is 199 Å². The van der Waals surface area contributed by atoms with E-state index < -0.39 is 17.3 Å². The summed E-state index contributed by atoms with van der Waals surface area (Å²) in [5.74, 6) is -0.0350. The number of aromatic nitrogens is 3. The summed E-state index contributed by atoms with van der Waals surface area (Å²) in [4.78, 5) is 18.8. The van der Waals surface area contributed by atoms with E-state index in [1.165, 1.54) is 6.07 Å². The fourth-order valence-electron chi connectivity index (χ4n) is 5.04. The molecule has 0 bridgehead atoms. The molecular weight excluding hydrogens is 461 g/mol. The van der Waals surface area contributed by atoms with Crippen LogP contribution in [0.15, 0.2) is 42.7 Å². The maximum Gasteiger partial charge on any atom is 0.416 e. The lowest BCUT2D eigenvalue weighted by atomic mass is 9.77. The minimum absolute atomic E-state index is 0.0243. The van der Waals surface area contributed by atoms with Crippen LogP contribution < -0.4 is 10.6 Å². The second-order valence-corrected chi connectivity index (χ2v) is 9.41. The van der Waals surface area contributed by atoms with Gasteiger partial charge in [0.05, 0.1) is 29.3 Å². The molecule has 2 fully saturated rings. The highest BCUT2D eigenvalue weighted by atomic mass is 19.4. The lowest BCUT2D eigenvalue weighted by Crippen LogP contribution is -2.63. The molecule has 0 unspecified atom stereocenters. The van der Waals surface area contributed by atoms with Gasteiger partial charge in [-0.15, -0.1) is 0 Å². The summed E-state index contributed by atoms with van der Waals surface area (Å²) in [5.41, 5.74) is -0.279. The summed E-state index contributed by atoms with van der Waals surface area (Å²) in [6.45, 7) is 1.39. The van der Waals surface area contributed by atoms with E-state index in [2.05, 4.69) is 30.7 Å². The molecule has 1 saturated carbocycles. The normalized spacial score (nSPS) is 23.7. The molecular formula is C24H27F3N6O2. The lowest BCUT2D eigenvalue weighted by Gasteiger charge is -2.48. The van der Waals surface area contributed by atoms with Crippen molar-refractivity contribution in [2.24, 2.45) is 0 Å². The number of pyridine rings is 1. The number of hydrogen-bond acceptors (Lipinski definition) is 6. The number of alkyl halides is 3. The molecule has 1 aliphatic heterocycles.